The normalized spacial score (nSPS) is 17.6. The molecule has 0 spiro atoms. The first-order valence-electron chi connectivity index (χ1n) is 8.10. The maximum Gasteiger partial charge on any atom is 0.259 e. The summed E-state index contributed by atoms with van der Waals surface area (Å²) in [7, 11) is 0. The predicted octanol–water partition coefficient (Wildman–Crippen LogP) is 1.48. The number of nitrogens with two attached hydrogens (primary N) is 1. The number of fused-ring (bicyclic) bond motifs is 2. The van der Waals surface area contributed by atoms with Crippen LogP contribution in [-0.4, -0.2) is 26.2 Å². The van der Waals surface area contributed by atoms with Crippen molar-refractivity contribution in [2.45, 2.75) is 32.5 Å². The molecule has 1 aromatic carbocycles. The number of amides is 1. The number of benzene rings is 1. The monoisotopic (exact) mass is 354 g/mol. The molecule has 25 heavy (non-hydrogen) atoms. The molecule has 1 aliphatic heterocycles. The van der Waals surface area contributed by atoms with E-state index in [0.717, 1.165) is 11.3 Å². The second-order valence-corrected chi connectivity index (χ2v) is 7.21. The minimum absolute atomic E-state index is 0.0909. The van der Waals surface area contributed by atoms with Gasteiger partial charge in [0.1, 0.15) is 0 Å². The van der Waals surface area contributed by atoms with Crippen LogP contribution in [0.1, 0.15) is 22.5 Å². The Hall–Kier alpha value is -2.51. The van der Waals surface area contributed by atoms with Crippen molar-refractivity contribution in [3.63, 3.8) is 0 Å². The summed E-state index contributed by atoms with van der Waals surface area (Å²) in [6, 6.07) is 9.22. The summed E-state index contributed by atoms with van der Waals surface area (Å²) in [5.74, 6) is -0.348. The molecule has 128 valence electrons. The molecule has 0 fully saturated rings. The van der Waals surface area contributed by atoms with Crippen molar-refractivity contribution in [3.05, 3.63) is 68.6 Å². The first-order chi connectivity index (χ1) is 12.0. The number of carbonyl (C=O) groups is 1. The van der Waals surface area contributed by atoms with Crippen molar-refractivity contribution in [1.29, 1.82) is 0 Å². The fourth-order valence-electron chi connectivity index (χ4n) is 3.41. The molecule has 7 heteroatoms. The zero-order chi connectivity index (χ0) is 17.6. The first-order valence-corrected chi connectivity index (χ1v) is 8.98. The zero-order valence-corrected chi connectivity index (χ0v) is 14.6. The highest BCUT2D eigenvalue weighted by Gasteiger charge is 2.30. The van der Waals surface area contributed by atoms with Gasteiger partial charge < -0.3 is 5.73 Å². The second kappa shape index (κ2) is 6.09. The van der Waals surface area contributed by atoms with Gasteiger partial charge in [-0.2, -0.15) is 0 Å². The SMILES string of the molecule is Cc1csc2nc(CN3Cc4ccccc4CC3C(N)=O)cc(=O)n12. The third-order valence-corrected chi connectivity index (χ3v) is 5.61. The summed E-state index contributed by atoms with van der Waals surface area (Å²) in [6.07, 6.45) is 0.588. The van der Waals surface area contributed by atoms with Crippen molar-refractivity contribution >= 4 is 22.2 Å². The van der Waals surface area contributed by atoms with Gasteiger partial charge in [0.05, 0.1) is 11.7 Å². The van der Waals surface area contributed by atoms with Crippen molar-refractivity contribution in [2.75, 3.05) is 0 Å². The van der Waals surface area contributed by atoms with E-state index in [-0.39, 0.29) is 17.5 Å². The van der Waals surface area contributed by atoms with Crippen LogP contribution in [-0.2, 0) is 24.3 Å². The average molecular weight is 354 g/mol. The Labute approximate surface area is 148 Å². The molecule has 1 amide bonds. The van der Waals surface area contributed by atoms with Crippen LogP contribution in [0.15, 0.2) is 40.5 Å². The number of primary amides is 1. The van der Waals surface area contributed by atoms with E-state index >= 15 is 0 Å². The van der Waals surface area contributed by atoms with Crippen LogP contribution in [0.5, 0.6) is 0 Å². The van der Waals surface area contributed by atoms with E-state index in [4.69, 9.17) is 5.73 Å². The van der Waals surface area contributed by atoms with Gasteiger partial charge in [0.2, 0.25) is 5.91 Å². The Morgan fingerprint density at radius 3 is 2.88 bits per heavy atom. The van der Waals surface area contributed by atoms with Crippen LogP contribution in [0.3, 0.4) is 0 Å². The highest BCUT2D eigenvalue weighted by molar-refractivity contribution is 7.15. The van der Waals surface area contributed by atoms with E-state index in [2.05, 4.69) is 11.1 Å². The standard InChI is InChI=1S/C18H18N4O2S/c1-11-10-25-18-20-14(7-16(23)22(11)18)9-21-8-13-5-3-2-4-12(13)6-15(21)17(19)24/h2-5,7,10,15H,6,8-9H2,1H3,(H2,19,24). The van der Waals surface area contributed by atoms with Gasteiger partial charge in [-0.15, -0.1) is 11.3 Å². The van der Waals surface area contributed by atoms with E-state index < -0.39 is 0 Å². The number of rotatable bonds is 3. The summed E-state index contributed by atoms with van der Waals surface area (Å²) in [4.78, 5) is 31.6. The molecule has 6 nitrogen and oxygen atoms in total. The topological polar surface area (TPSA) is 80.7 Å². The van der Waals surface area contributed by atoms with Crippen LogP contribution in [0.4, 0.5) is 0 Å². The lowest BCUT2D eigenvalue weighted by atomic mass is 9.93. The Balaban J connectivity index is 1.69. The van der Waals surface area contributed by atoms with Crippen molar-refractivity contribution in [3.8, 4) is 0 Å². The third kappa shape index (κ3) is 2.85. The van der Waals surface area contributed by atoms with E-state index in [1.54, 1.807) is 10.5 Å². The third-order valence-electron chi connectivity index (χ3n) is 4.67. The van der Waals surface area contributed by atoms with Crippen LogP contribution in [0.2, 0.25) is 0 Å². The number of carbonyl (C=O) groups excluding carboxylic acids is 1. The molecule has 3 heterocycles. The van der Waals surface area contributed by atoms with Gasteiger partial charge in [0.15, 0.2) is 4.96 Å². The minimum Gasteiger partial charge on any atom is -0.368 e. The summed E-state index contributed by atoms with van der Waals surface area (Å²) in [5.41, 5.74) is 9.42. The molecule has 2 N–H and O–H groups in total. The van der Waals surface area contributed by atoms with Gasteiger partial charge in [0.25, 0.3) is 5.56 Å². The lowest BCUT2D eigenvalue weighted by Crippen LogP contribution is -2.48. The first kappa shape index (κ1) is 16.0. The zero-order valence-electron chi connectivity index (χ0n) is 13.8. The van der Waals surface area contributed by atoms with Crippen molar-refractivity contribution in [2.24, 2.45) is 5.73 Å². The van der Waals surface area contributed by atoms with Crippen LogP contribution in [0, 0.1) is 6.92 Å². The molecular formula is C18H18N4O2S. The Morgan fingerprint density at radius 1 is 1.36 bits per heavy atom. The van der Waals surface area contributed by atoms with Gasteiger partial charge in [0, 0.05) is 30.2 Å². The van der Waals surface area contributed by atoms with E-state index in [1.165, 1.54) is 16.9 Å². The number of thiazole rings is 1. The molecule has 0 aliphatic carbocycles. The van der Waals surface area contributed by atoms with E-state index in [0.29, 0.717) is 30.2 Å². The Bertz CT molecular complexity index is 1020. The van der Waals surface area contributed by atoms with Gasteiger partial charge >= 0.3 is 0 Å². The molecule has 0 saturated carbocycles. The molecule has 0 bridgehead atoms. The van der Waals surface area contributed by atoms with Gasteiger partial charge in [-0.05, 0) is 24.5 Å². The van der Waals surface area contributed by atoms with Crippen molar-refractivity contribution in [1.82, 2.24) is 14.3 Å². The number of hydrogen-bond acceptors (Lipinski definition) is 5. The summed E-state index contributed by atoms with van der Waals surface area (Å²) in [5, 5.41) is 1.91. The van der Waals surface area contributed by atoms with Crippen molar-refractivity contribution < 1.29 is 4.79 Å². The largest absolute Gasteiger partial charge is 0.368 e. The summed E-state index contributed by atoms with van der Waals surface area (Å²) < 4.78 is 1.60. The Kier molecular flexibility index (Phi) is 3.89. The maximum atomic E-state index is 12.4. The molecular weight excluding hydrogens is 336 g/mol. The smallest absolute Gasteiger partial charge is 0.259 e. The van der Waals surface area contributed by atoms with Crippen LogP contribution >= 0.6 is 11.3 Å². The number of aromatic nitrogens is 2. The highest BCUT2D eigenvalue weighted by atomic mass is 32.1. The fourth-order valence-corrected chi connectivity index (χ4v) is 4.30. The molecule has 2 aromatic heterocycles. The number of aryl methyl sites for hydroxylation is 1. The Morgan fingerprint density at radius 2 is 2.12 bits per heavy atom. The fraction of sp³-hybridized carbons (Fsp3) is 0.278. The molecule has 0 saturated heterocycles. The maximum absolute atomic E-state index is 12.4. The van der Waals surface area contributed by atoms with Gasteiger partial charge in [-0.3, -0.25) is 18.9 Å². The number of hydrogen-bond donors (Lipinski definition) is 1. The quantitative estimate of drug-likeness (QED) is 0.772. The molecule has 4 rings (SSSR count). The molecule has 0 radical (unpaired) electrons. The van der Waals surface area contributed by atoms with Crippen LogP contribution < -0.4 is 11.3 Å². The summed E-state index contributed by atoms with van der Waals surface area (Å²) >= 11 is 1.44. The molecule has 1 atom stereocenters. The van der Waals surface area contributed by atoms with E-state index in [1.807, 2.05) is 35.4 Å². The molecule has 1 unspecified atom stereocenters. The van der Waals surface area contributed by atoms with E-state index in [9.17, 15) is 9.59 Å². The number of nitrogens with zero attached hydrogens (tertiary/aromatic N) is 3. The highest BCUT2D eigenvalue weighted by Crippen LogP contribution is 2.24. The van der Waals surface area contributed by atoms with Gasteiger partial charge in [-0.25, -0.2) is 4.98 Å². The average Bonchev–Trinajstić information content (AvgIpc) is 2.95. The van der Waals surface area contributed by atoms with Crippen LogP contribution in [0.25, 0.3) is 4.96 Å². The van der Waals surface area contributed by atoms with Gasteiger partial charge in [-0.1, -0.05) is 24.3 Å². The predicted molar refractivity (Wildman–Crippen MR) is 96.5 cm³/mol. The molecule has 1 aliphatic rings. The lowest BCUT2D eigenvalue weighted by Gasteiger charge is -2.34. The summed E-state index contributed by atoms with van der Waals surface area (Å²) in [6.45, 7) is 2.93. The lowest BCUT2D eigenvalue weighted by molar-refractivity contribution is -0.124. The minimum atomic E-state index is -0.389. The second-order valence-electron chi connectivity index (χ2n) is 6.38. The molecule has 3 aromatic rings.